The van der Waals surface area contributed by atoms with E-state index in [4.69, 9.17) is 0 Å². The SMILES string of the molecule is CN1CCC[C@H](CCC(=O)NCc2csc(-c3ncccn3)n2)C1. The van der Waals surface area contributed by atoms with Crippen LogP contribution in [-0.4, -0.2) is 45.9 Å². The van der Waals surface area contributed by atoms with Crippen LogP contribution in [0.1, 0.15) is 31.4 Å². The van der Waals surface area contributed by atoms with Crippen LogP contribution in [0, 0.1) is 5.92 Å². The normalized spacial score (nSPS) is 18.5. The van der Waals surface area contributed by atoms with Crippen molar-refractivity contribution < 1.29 is 4.79 Å². The fraction of sp³-hybridized carbons (Fsp3) is 0.529. The van der Waals surface area contributed by atoms with Crippen molar-refractivity contribution in [2.45, 2.75) is 32.2 Å². The number of rotatable bonds is 6. The number of carbonyl (C=O) groups excluding carboxylic acids is 1. The van der Waals surface area contributed by atoms with E-state index in [-0.39, 0.29) is 5.91 Å². The van der Waals surface area contributed by atoms with Crippen LogP contribution in [0.4, 0.5) is 0 Å². The molecular formula is C17H23N5OS. The van der Waals surface area contributed by atoms with Gasteiger partial charge in [-0.1, -0.05) is 0 Å². The van der Waals surface area contributed by atoms with Crippen LogP contribution in [0.2, 0.25) is 0 Å². The Bertz CT molecular complexity index is 660. The molecule has 7 heteroatoms. The van der Waals surface area contributed by atoms with Crippen molar-refractivity contribution in [2.24, 2.45) is 5.92 Å². The highest BCUT2D eigenvalue weighted by molar-refractivity contribution is 7.13. The van der Waals surface area contributed by atoms with Crippen LogP contribution in [0.25, 0.3) is 10.8 Å². The maximum atomic E-state index is 12.0. The molecule has 1 aliphatic heterocycles. The molecule has 3 heterocycles. The molecule has 128 valence electrons. The van der Waals surface area contributed by atoms with E-state index in [2.05, 4.69) is 32.2 Å². The van der Waals surface area contributed by atoms with Crippen molar-refractivity contribution >= 4 is 17.2 Å². The van der Waals surface area contributed by atoms with E-state index in [1.807, 2.05) is 5.38 Å². The summed E-state index contributed by atoms with van der Waals surface area (Å²) in [7, 11) is 2.16. The summed E-state index contributed by atoms with van der Waals surface area (Å²) in [4.78, 5) is 27.3. The molecule has 0 aliphatic carbocycles. The molecule has 0 spiro atoms. The average Bonchev–Trinajstić information content (AvgIpc) is 3.08. The average molecular weight is 345 g/mol. The lowest BCUT2D eigenvalue weighted by Gasteiger charge is -2.29. The number of aromatic nitrogens is 3. The number of hydrogen-bond donors (Lipinski definition) is 1. The van der Waals surface area contributed by atoms with E-state index in [9.17, 15) is 4.79 Å². The van der Waals surface area contributed by atoms with Crippen molar-refractivity contribution in [1.82, 2.24) is 25.2 Å². The van der Waals surface area contributed by atoms with Gasteiger partial charge in [-0.3, -0.25) is 4.79 Å². The van der Waals surface area contributed by atoms with Crippen LogP contribution >= 0.6 is 11.3 Å². The number of thiazole rings is 1. The van der Waals surface area contributed by atoms with Gasteiger partial charge >= 0.3 is 0 Å². The number of likely N-dealkylation sites (tertiary alicyclic amines) is 1. The summed E-state index contributed by atoms with van der Waals surface area (Å²) in [6.07, 6.45) is 7.45. The summed E-state index contributed by atoms with van der Waals surface area (Å²) in [6, 6.07) is 1.78. The van der Waals surface area contributed by atoms with E-state index in [0.29, 0.717) is 24.7 Å². The first kappa shape index (κ1) is 17.0. The van der Waals surface area contributed by atoms with E-state index < -0.39 is 0 Å². The van der Waals surface area contributed by atoms with Gasteiger partial charge in [0, 0.05) is 30.7 Å². The fourth-order valence-corrected chi connectivity index (χ4v) is 3.79. The minimum absolute atomic E-state index is 0.105. The van der Waals surface area contributed by atoms with E-state index in [1.165, 1.54) is 30.7 Å². The summed E-state index contributed by atoms with van der Waals surface area (Å²) in [5.41, 5.74) is 0.855. The minimum Gasteiger partial charge on any atom is -0.350 e. The second-order valence-corrected chi connectivity index (χ2v) is 7.16. The van der Waals surface area contributed by atoms with Crippen LogP contribution in [0.5, 0.6) is 0 Å². The van der Waals surface area contributed by atoms with Gasteiger partial charge in [-0.2, -0.15) is 0 Å². The monoisotopic (exact) mass is 345 g/mol. The number of hydrogen-bond acceptors (Lipinski definition) is 6. The molecular weight excluding hydrogens is 322 g/mol. The van der Waals surface area contributed by atoms with Crippen molar-refractivity contribution in [3.05, 3.63) is 29.5 Å². The molecule has 1 saturated heterocycles. The second-order valence-electron chi connectivity index (χ2n) is 6.30. The van der Waals surface area contributed by atoms with Gasteiger partial charge in [0.05, 0.1) is 12.2 Å². The summed E-state index contributed by atoms with van der Waals surface area (Å²) >= 11 is 1.50. The smallest absolute Gasteiger partial charge is 0.220 e. The zero-order chi connectivity index (χ0) is 16.8. The van der Waals surface area contributed by atoms with Crippen molar-refractivity contribution in [3.63, 3.8) is 0 Å². The number of nitrogens with one attached hydrogen (secondary N) is 1. The molecule has 1 aliphatic rings. The largest absolute Gasteiger partial charge is 0.350 e. The third-order valence-electron chi connectivity index (χ3n) is 4.28. The van der Waals surface area contributed by atoms with Gasteiger partial charge in [0.25, 0.3) is 0 Å². The van der Waals surface area contributed by atoms with Gasteiger partial charge in [-0.15, -0.1) is 11.3 Å². The first-order valence-electron chi connectivity index (χ1n) is 8.38. The van der Waals surface area contributed by atoms with Gasteiger partial charge in [0.15, 0.2) is 10.8 Å². The Hall–Kier alpha value is -1.86. The van der Waals surface area contributed by atoms with E-state index >= 15 is 0 Å². The molecule has 0 saturated carbocycles. The Morgan fingerprint density at radius 2 is 2.25 bits per heavy atom. The Morgan fingerprint density at radius 1 is 1.42 bits per heavy atom. The lowest BCUT2D eigenvalue weighted by Crippen LogP contribution is -2.33. The Morgan fingerprint density at radius 3 is 3.04 bits per heavy atom. The molecule has 6 nitrogen and oxygen atoms in total. The molecule has 1 atom stereocenters. The molecule has 24 heavy (non-hydrogen) atoms. The molecule has 3 rings (SSSR count). The third-order valence-corrected chi connectivity index (χ3v) is 5.16. The van der Waals surface area contributed by atoms with Crippen LogP contribution in [0.3, 0.4) is 0 Å². The first-order valence-corrected chi connectivity index (χ1v) is 9.25. The van der Waals surface area contributed by atoms with Gasteiger partial charge in [-0.05, 0) is 44.8 Å². The predicted octanol–water partition coefficient (Wildman–Crippen LogP) is 2.34. The van der Waals surface area contributed by atoms with Gasteiger partial charge in [-0.25, -0.2) is 15.0 Å². The van der Waals surface area contributed by atoms with E-state index in [0.717, 1.165) is 23.7 Å². The number of carbonyl (C=O) groups is 1. The van der Waals surface area contributed by atoms with Gasteiger partial charge in [0.1, 0.15) is 0 Å². The van der Waals surface area contributed by atoms with Crippen molar-refractivity contribution in [2.75, 3.05) is 20.1 Å². The minimum atomic E-state index is 0.105. The number of nitrogens with zero attached hydrogens (tertiary/aromatic N) is 4. The lowest BCUT2D eigenvalue weighted by atomic mass is 9.93. The fourth-order valence-electron chi connectivity index (χ4n) is 3.02. The Balaban J connectivity index is 1.42. The molecule has 2 aromatic heterocycles. The van der Waals surface area contributed by atoms with Gasteiger partial charge in [0.2, 0.25) is 5.91 Å². The highest BCUT2D eigenvalue weighted by Crippen LogP contribution is 2.21. The Kier molecular flexibility index (Phi) is 5.87. The zero-order valence-corrected chi connectivity index (χ0v) is 14.8. The standard InChI is InChI=1S/C17H23N5OS/c1-22-9-2-4-13(11-22)5-6-15(23)20-10-14-12-24-17(21-14)16-18-7-3-8-19-16/h3,7-8,12-13H,2,4-6,9-11H2,1H3,(H,20,23)/t13-/m1/s1. The molecule has 1 amide bonds. The summed E-state index contributed by atoms with van der Waals surface area (Å²) in [5.74, 6) is 1.38. The molecule has 0 bridgehead atoms. The second kappa shape index (κ2) is 8.30. The molecule has 1 fully saturated rings. The summed E-state index contributed by atoms with van der Waals surface area (Å²) < 4.78 is 0. The first-order chi connectivity index (χ1) is 11.7. The molecule has 0 unspecified atom stereocenters. The molecule has 2 aromatic rings. The highest BCUT2D eigenvalue weighted by atomic mass is 32.1. The van der Waals surface area contributed by atoms with Crippen molar-refractivity contribution in [1.29, 1.82) is 0 Å². The summed E-state index contributed by atoms with van der Waals surface area (Å²) in [5, 5.41) is 5.69. The number of amides is 1. The van der Waals surface area contributed by atoms with E-state index in [1.54, 1.807) is 18.5 Å². The maximum Gasteiger partial charge on any atom is 0.220 e. The van der Waals surface area contributed by atoms with Crippen molar-refractivity contribution in [3.8, 4) is 10.8 Å². The number of piperidine rings is 1. The Labute approximate surface area is 146 Å². The van der Waals surface area contributed by atoms with Crippen LogP contribution < -0.4 is 5.32 Å². The highest BCUT2D eigenvalue weighted by Gasteiger charge is 2.18. The van der Waals surface area contributed by atoms with Gasteiger partial charge < -0.3 is 10.2 Å². The topological polar surface area (TPSA) is 71.0 Å². The molecule has 1 N–H and O–H groups in total. The van der Waals surface area contributed by atoms with Crippen LogP contribution in [-0.2, 0) is 11.3 Å². The predicted molar refractivity (Wildman–Crippen MR) is 94.4 cm³/mol. The third kappa shape index (κ3) is 4.82. The molecule has 0 radical (unpaired) electrons. The maximum absolute atomic E-state index is 12.0. The zero-order valence-electron chi connectivity index (χ0n) is 13.9. The molecule has 0 aromatic carbocycles. The summed E-state index contributed by atoms with van der Waals surface area (Å²) in [6.45, 7) is 2.76. The quantitative estimate of drug-likeness (QED) is 0.870. The lowest BCUT2D eigenvalue weighted by molar-refractivity contribution is -0.121. The van der Waals surface area contributed by atoms with Crippen LogP contribution in [0.15, 0.2) is 23.8 Å².